The smallest absolute Gasteiger partial charge is 0.379 e. The van der Waals surface area contributed by atoms with Crippen molar-refractivity contribution in [1.29, 1.82) is 0 Å². The molecule has 1 aliphatic rings. The largest absolute Gasteiger partial charge is 0.416 e. The number of anilines is 1. The molecule has 0 spiro atoms. The number of alkyl halides is 6. The number of aromatic nitrogens is 2. The first kappa shape index (κ1) is 26.5. The summed E-state index contributed by atoms with van der Waals surface area (Å²) in [5.74, 6) is -1.63. The Morgan fingerprint density at radius 2 is 1.70 bits per heavy atom. The Hall–Kier alpha value is -3.57. The van der Waals surface area contributed by atoms with Crippen LogP contribution in [0.2, 0.25) is 0 Å². The molecule has 4 rings (SSSR count). The molecule has 0 aliphatic carbocycles. The zero-order valence-electron chi connectivity index (χ0n) is 19.9. The van der Waals surface area contributed by atoms with Gasteiger partial charge in [-0.25, -0.2) is 4.98 Å². The second kappa shape index (κ2) is 9.71. The Balaban J connectivity index is 1.52. The van der Waals surface area contributed by atoms with Crippen molar-refractivity contribution in [3.63, 3.8) is 0 Å². The van der Waals surface area contributed by atoms with E-state index >= 15 is 0 Å². The highest BCUT2D eigenvalue weighted by Gasteiger charge is 2.41. The molecule has 198 valence electrons. The molecule has 1 unspecified atom stereocenters. The number of nitrogens with zero attached hydrogens (tertiary/aromatic N) is 2. The molecule has 1 aliphatic heterocycles. The molecule has 1 aromatic heterocycles. The Bertz CT molecular complexity index is 1360. The highest BCUT2D eigenvalue weighted by atomic mass is 19.4. The van der Waals surface area contributed by atoms with E-state index in [4.69, 9.17) is 0 Å². The van der Waals surface area contributed by atoms with Gasteiger partial charge in [0.05, 0.1) is 22.4 Å². The van der Waals surface area contributed by atoms with Gasteiger partial charge in [-0.3, -0.25) is 9.59 Å². The zero-order valence-corrected chi connectivity index (χ0v) is 19.9. The predicted molar refractivity (Wildman–Crippen MR) is 125 cm³/mol. The number of piperidine rings is 1. The summed E-state index contributed by atoms with van der Waals surface area (Å²) < 4.78 is 80.1. The van der Waals surface area contributed by atoms with Crippen LogP contribution in [-0.4, -0.2) is 40.0 Å². The third-order valence-corrected chi connectivity index (χ3v) is 6.53. The fourth-order valence-corrected chi connectivity index (χ4v) is 4.55. The molecule has 0 saturated carbocycles. The van der Waals surface area contributed by atoms with Gasteiger partial charge >= 0.3 is 12.4 Å². The van der Waals surface area contributed by atoms with Gasteiger partial charge in [0.2, 0.25) is 0 Å². The minimum absolute atomic E-state index is 0.00423. The topological polar surface area (TPSA) is 78.1 Å². The van der Waals surface area contributed by atoms with Crippen molar-refractivity contribution < 1.29 is 31.1 Å². The van der Waals surface area contributed by atoms with Crippen molar-refractivity contribution in [3.8, 4) is 0 Å². The summed E-state index contributed by atoms with van der Waals surface area (Å²) in [6.45, 7) is 2.98. The van der Waals surface area contributed by atoms with E-state index in [1.165, 1.54) is 49.1 Å². The number of nitrogens with one attached hydrogen (secondary N) is 2. The van der Waals surface area contributed by atoms with Crippen LogP contribution in [0.15, 0.2) is 41.2 Å². The lowest BCUT2D eigenvalue weighted by Crippen LogP contribution is -2.42. The Morgan fingerprint density at radius 3 is 2.27 bits per heavy atom. The highest BCUT2D eigenvalue weighted by molar-refractivity contribution is 5.94. The van der Waals surface area contributed by atoms with Crippen LogP contribution >= 0.6 is 0 Å². The lowest BCUT2D eigenvalue weighted by molar-refractivity contribution is -0.183. The van der Waals surface area contributed by atoms with Gasteiger partial charge in [-0.05, 0) is 68.7 Å². The van der Waals surface area contributed by atoms with Crippen LogP contribution < -0.4 is 10.9 Å². The van der Waals surface area contributed by atoms with Crippen LogP contribution in [0.1, 0.15) is 53.1 Å². The molecule has 2 N–H and O–H groups in total. The Labute approximate surface area is 207 Å². The SMILES string of the molecule is Cc1nc2cc(C(F)(F)F)c(C(C)Nc3ccc(C(=O)N4CCC(C(F)(F)F)CC4)cc3)cc2c(=O)[nH]1. The molecule has 1 atom stereocenters. The molecule has 37 heavy (non-hydrogen) atoms. The van der Waals surface area contributed by atoms with Gasteiger partial charge in [-0.15, -0.1) is 0 Å². The number of hydrogen-bond donors (Lipinski definition) is 2. The van der Waals surface area contributed by atoms with Gasteiger partial charge in [0.15, 0.2) is 0 Å². The first-order valence-corrected chi connectivity index (χ1v) is 11.6. The van der Waals surface area contributed by atoms with E-state index < -0.39 is 41.3 Å². The van der Waals surface area contributed by atoms with E-state index in [0.717, 1.165) is 6.07 Å². The number of amides is 1. The number of aromatic amines is 1. The third-order valence-electron chi connectivity index (χ3n) is 6.53. The molecule has 6 nitrogen and oxygen atoms in total. The quantitative estimate of drug-likeness (QED) is 0.419. The van der Waals surface area contributed by atoms with Gasteiger partial charge in [0, 0.05) is 30.4 Å². The molecular formula is C25H24F6N4O2. The van der Waals surface area contributed by atoms with E-state index in [1.54, 1.807) is 0 Å². The maximum atomic E-state index is 13.8. The van der Waals surface area contributed by atoms with E-state index in [1.807, 2.05) is 0 Å². The maximum absolute atomic E-state index is 13.8. The summed E-state index contributed by atoms with van der Waals surface area (Å²) in [6, 6.07) is 7.12. The molecule has 1 amide bonds. The van der Waals surface area contributed by atoms with Gasteiger partial charge in [-0.2, -0.15) is 26.3 Å². The lowest BCUT2D eigenvalue weighted by atomic mass is 9.96. The molecule has 12 heteroatoms. The predicted octanol–water partition coefficient (Wildman–Crippen LogP) is 5.84. The van der Waals surface area contributed by atoms with E-state index in [-0.39, 0.29) is 53.8 Å². The molecule has 0 radical (unpaired) electrons. The summed E-state index contributed by atoms with van der Waals surface area (Å²) in [4.78, 5) is 32.9. The van der Waals surface area contributed by atoms with Gasteiger partial charge < -0.3 is 15.2 Å². The summed E-state index contributed by atoms with van der Waals surface area (Å²) in [7, 11) is 0. The summed E-state index contributed by atoms with van der Waals surface area (Å²) in [5.41, 5.74) is -1.00. The molecular weight excluding hydrogens is 502 g/mol. The molecule has 0 bridgehead atoms. The first-order chi connectivity index (χ1) is 17.2. The van der Waals surface area contributed by atoms with E-state index in [9.17, 15) is 35.9 Å². The maximum Gasteiger partial charge on any atom is 0.416 e. The van der Waals surface area contributed by atoms with Crippen LogP contribution in [-0.2, 0) is 6.18 Å². The minimum Gasteiger partial charge on any atom is -0.379 e. The second-order valence-corrected chi connectivity index (χ2v) is 9.16. The van der Waals surface area contributed by atoms with Crippen LogP contribution in [0.4, 0.5) is 32.0 Å². The van der Waals surface area contributed by atoms with E-state index in [2.05, 4.69) is 15.3 Å². The Kier molecular flexibility index (Phi) is 6.95. The summed E-state index contributed by atoms with van der Waals surface area (Å²) in [5, 5.41) is 2.98. The average molecular weight is 526 g/mol. The zero-order chi connectivity index (χ0) is 27.1. The number of halogens is 6. The lowest BCUT2D eigenvalue weighted by Gasteiger charge is -2.33. The molecule has 1 fully saturated rings. The number of aryl methyl sites for hydroxylation is 1. The number of rotatable bonds is 4. The van der Waals surface area contributed by atoms with Crippen LogP contribution in [0, 0.1) is 12.8 Å². The number of hydrogen-bond acceptors (Lipinski definition) is 4. The van der Waals surface area contributed by atoms with Crippen LogP contribution in [0.25, 0.3) is 10.9 Å². The number of fused-ring (bicyclic) bond motifs is 1. The summed E-state index contributed by atoms with van der Waals surface area (Å²) in [6.07, 6.45) is -9.28. The van der Waals surface area contributed by atoms with Crippen LogP contribution in [0.5, 0.6) is 0 Å². The fourth-order valence-electron chi connectivity index (χ4n) is 4.55. The minimum atomic E-state index is -4.69. The first-order valence-electron chi connectivity index (χ1n) is 11.6. The molecule has 1 saturated heterocycles. The van der Waals surface area contributed by atoms with Crippen molar-refractivity contribution in [2.45, 2.75) is 45.1 Å². The number of carbonyl (C=O) groups excluding carboxylic acids is 1. The van der Waals surface area contributed by atoms with Crippen molar-refractivity contribution in [1.82, 2.24) is 14.9 Å². The monoisotopic (exact) mass is 526 g/mol. The number of benzene rings is 2. The van der Waals surface area contributed by atoms with Gasteiger partial charge in [-0.1, -0.05) is 0 Å². The van der Waals surface area contributed by atoms with Crippen molar-refractivity contribution in [2.75, 3.05) is 18.4 Å². The number of likely N-dealkylation sites (tertiary alicyclic amines) is 1. The number of carbonyl (C=O) groups is 1. The fraction of sp³-hybridized carbons (Fsp3) is 0.400. The van der Waals surface area contributed by atoms with Crippen molar-refractivity contribution in [3.05, 3.63) is 69.3 Å². The highest BCUT2D eigenvalue weighted by Crippen LogP contribution is 2.37. The van der Waals surface area contributed by atoms with Gasteiger partial charge in [0.25, 0.3) is 11.5 Å². The van der Waals surface area contributed by atoms with Gasteiger partial charge in [0.1, 0.15) is 5.82 Å². The van der Waals surface area contributed by atoms with Crippen molar-refractivity contribution >= 4 is 22.5 Å². The normalized spacial score (nSPS) is 16.2. The Morgan fingerprint density at radius 1 is 1.08 bits per heavy atom. The standard InChI is InChI=1S/C25H24F6N4O2/c1-13(18-11-19-21(12-20(18)25(29,30)31)33-14(2)34-22(19)36)32-17-5-3-15(4-6-17)23(37)35-9-7-16(8-10-35)24(26,27)28/h3-6,11-13,16,32H,7-10H2,1-2H3,(H,33,34,36). The molecule has 2 heterocycles. The average Bonchev–Trinajstić information content (AvgIpc) is 2.82. The molecule has 3 aromatic rings. The number of H-pyrrole nitrogens is 1. The summed E-state index contributed by atoms with van der Waals surface area (Å²) >= 11 is 0. The molecule has 2 aromatic carbocycles. The van der Waals surface area contributed by atoms with E-state index in [0.29, 0.717) is 5.69 Å². The van der Waals surface area contributed by atoms with Crippen LogP contribution in [0.3, 0.4) is 0 Å². The second-order valence-electron chi connectivity index (χ2n) is 9.16. The third kappa shape index (κ3) is 5.72. The van der Waals surface area contributed by atoms with Crippen molar-refractivity contribution in [2.24, 2.45) is 5.92 Å².